The first kappa shape index (κ1) is 14.1. The smallest absolute Gasteiger partial charge is 0.313 e. The van der Waals surface area contributed by atoms with Crippen molar-refractivity contribution in [2.45, 2.75) is 45.3 Å². The monoisotopic (exact) mass is 256 g/mol. The quantitative estimate of drug-likeness (QED) is 0.795. The van der Waals surface area contributed by atoms with Gasteiger partial charge >= 0.3 is 5.97 Å². The van der Waals surface area contributed by atoms with Gasteiger partial charge in [-0.05, 0) is 19.3 Å². The molecule has 0 radical (unpaired) electrons. The van der Waals surface area contributed by atoms with E-state index in [0.717, 1.165) is 17.3 Å². The fraction of sp³-hybridized carbons (Fsp3) is 0.667. The van der Waals surface area contributed by atoms with Gasteiger partial charge in [0, 0.05) is 17.9 Å². The molecular formula is C12H20N2O2S. The van der Waals surface area contributed by atoms with Gasteiger partial charge in [0.05, 0.1) is 5.75 Å². The van der Waals surface area contributed by atoms with Crippen molar-refractivity contribution in [1.29, 1.82) is 0 Å². The molecule has 1 aromatic heterocycles. The van der Waals surface area contributed by atoms with Crippen molar-refractivity contribution in [1.82, 2.24) is 9.55 Å². The van der Waals surface area contributed by atoms with Gasteiger partial charge in [-0.2, -0.15) is 0 Å². The Morgan fingerprint density at radius 1 is 1.59 bits per heavy atom. The number of thioether (sulfide) groups is 1. The summed E-state index contributed by atoms with van der Waals surface area (Å²) >= 11 is 1.29. The molecule has 0 fully saturated rings. The van der Waals surface area contributed by atoms with Crippen LogP contribution in [0.1, 0.15) is 38.9 Å². The molecule has 5 heteroatoms. The fourth-order valence-electron chi connectivity index (χ4n) is 2.01. The van der Waals surface area contributed by atoms with Crippen LogP contribution >= 0.6 is 11.8 Å². The highest BCUT2D eigenvalue weighted by molar-refractivity contribution is 7.99. The lowest BCUT2D eigenvalue weighted by Gasteiger charge is -2.24. The highest BCUT2D eigenvalue weighted by Gasteiger charge is 2.19. The SMILES string of the molecule is CCC(C(C)C)n1c(C)cnc1SCC(=O)O. The minimum Gasteiger partial charge on any atom is -0.481 e. The molecule has 1 atom stereocenters. The Kier molecular flexibility index (Phi) is 5.05. The molecule has 0 aliphatic carbocycles. The van der Waals surface area contributed by atoms with Gasteiger partial charge in [-0.25, -0.2) is 4.98 Å². The Balaban J connectivity index is 2.96. The number of rotatable bonds is 6. The van der Waals surface area contributed by atoms with E-state index in [4.69, 9.17) is 5.11 Å². The topological polar surface area (TPSA) is 55.1 Å². The summed E-state index contributed by atoms with van der Waals surface area (Å²) in [4.78, 5) is 14.9. The summed E-state index contributed by atoms with van der Waals surface area (Å²) in [6, 6.07) is 0.383. The van der Waals surface area contributed by atoms with E-state index < -0.39 is 5.97 Å². The second-order valence-electron chi connectivity index (χ2n) is 4.45. The van der Waals surface area contributed by atoms with Crippen LogP contribution in [0.5, 0.6) is 0 Å². The van der Waals surface area contributed by atoms with Crippen molar-refractivity contribution < 1.29 is 9.90 Å². The molecule has 1 N–H and O–H groups in total. The summed E-state index contributed by atoms with van der Waals surface area (Å²) in [6.07, 6.45) is 2.84. The van der Waals surface area contributed by atoms with Crippen LogP contribution in [0.3, 0.4) is 0 Å². The first-order valence-electron chi connectivity index (χ1n) is 5.85. The molecular weight excluding hydrogens is 236 g/mol. The second kappa shape index (κ2) is 6.10. The van der Waals surface area contributed by atoms with E-state index in [2.05, 4.69) is 30.3 Å². The summed E-state index contributed by atoms with van der Waals surface area (Å²) in [5.41, 5.74) is 1.10. The van der Waals surface area contributed by atoms with Crippen LogP contribution in [0.25, 0.3) is 0 Å². The normalized spacial score (nSPS) is 13.0. The molecule has 0 amide bonds. The Labute approximate surface area is 106 Å². The van der Waals surface area contributed by atoms with Crippen LogP contribution in [0.4, 0.5) is 0 Å². The van der Waals surface area contributed by atoms with Gasteiger partial charge in [-0.3, -0.25) is 4.79 Å². The van der Waals surface area contributed by atoms with E-state index in [9.17, 15) is 4.79 Å². The summed E-state index contributed by atoms with van der Waals surface area (Å²) in [6.45, 7) is 8.52. The van der Waals surface area contributed by atoms with E-state index in [1.807, 2.05) is 13.1 Å². The molecule has 0 saturated carbocycles. The number of carbonyl (C=O) groups is 1. The minimum atomic E-state index is -0.806. The van der Waals surface area contributed by atoms with Crippen LogP contribution < -0.4 is 0 Å². The molecule has 1 aromatic rings. The number of carboxylic acids is 1. The minimum absolute atomic E-state index is 0.0605. The van der Waals surface area contributed by atoms with Crippen molar-refractivity contribution in [2.24, 2.45) is 5.92 Å². The van der Waals surface area contributed by atoms with E-state index >= 15 is 0 Å². The summed E-state index contributed by atoms with van der Waals surface area (Å²) < 4.78 is 2.16. The van der Waals surface area contributed by atoms with Gasteiger partial charge in [0.15, 0.2) is 5.16 Å². The maximum absolute atomic E-state index is 10.6. The maximum Gasteiger partial charge on any atom is 0.313 e. The first-order valence-corrected chi connectivity index (χ1v) is 6.84. The Hall–Kier alpha value is -0.970. The van der Waals surface area contributed by atoms with Crippen LogP contribution in [0.2, 0.25) is 0 Å². The number of aryl methyl sites for hydroxylation is 1. The van der Waals surface area contributed by atoms with E-state index in [0.29, 0.717) is 12.0 Å². The molecule has 96 valence electrons. The fourth-order valence-corrected chi connectivity index (χ4v) is 2.81. The average molecular weight is 256 g/mol. The van der Waals surface area contributed by atoms with Gasteiger partial charge in [0.1, 0.15) is 0 Å². The average Bonchev–Trinajstić information content (AvgIpc) is 2.59. The zero-order valence-electron chi connectivity index (χ0n) is 10.8. The van der Waals surface area contributed by atoms with Crippen LogP contribution in [-0.2, 0) is 4.79 Å². The predicted octanol–water partition coefficient (Wildman–Crippen LogP) is 2.98. The zero-order valence-corrected chi connectivity index (χ0v) is 11.6. The summed E-state index contributed by atoms with van der Waals surface area (Å²) in [5, 5.41) is 9.53. The van der Waals surface area contributed by atoms with E-state index in [1.54, 1.807) is 0 Å². The molecule has 0 saturated heterocycles. The van der Waals surface area contributed by atoms with Crippen LogP contribution in [0, 0.1) is 12.8 Å². The number of hydrogen-bond donors (Lipinski definition) is 1. The summed E-state index contributed by atoms with van der Waals surface area (Å²) in [7, 11) is 0. The highest BCUT2D eigenvalue weighted by Crippen LogP contribution is 2.29. The number of carboxylic acid groups (broad SMARTS) is 1. The molecule has 0 bridgehead atoms. The molecule has 4 nitrogen and oxygen atoms in total. The molecule has 0 aliphatic heterocycles. The number of nitrogens with zero attached hydrogens (tertiary/aromatic N) is 2. The van der Waals surface area contributed by atoms with E-state index in [1.165, 1.54) is 11.8 Å². The molecule has 1 unspecified atom stereocenters. The molecule has 1 heterocycles. The van der Waals surface area contributed by atoms with Crippen molar-refractivity contribution in [3.8, 4) is 0 Å². The lowest BCUT2D eigenvalue weighted by Crippen LogP contribution is -2.17. The maximum atomic E-state index is 10.6. The van der Waals surface area contributed by atoms with Gasteiger partial charge in [-0.1, -0.05) is 32.5 Å². The van der Waals surface area contributed by atoms with Crippen LogP contribution in [0.15, 0.2) is 11.4 Å². The first-order chi connectivity index (χ1) is 7.97. The molecule has 0 aliphatic rings. The standard InChI is InChI=1S/C12H20N2O2S/c1-5-10(8(2)3)14-9(4)6-13-12(14)17-7-11(15)16/h6,8,10H,5,7H2,1-4H3,(H,15,16). The van der Waals surface area contributed by atoms with Gasteiger partial charge in [-0.15, -0.1) is 0 Å². The lowest BCUT2D eigenvalue weighted by molar-refractivity contribution is -0.133. The second-order valence-corrected chi connectivity index (χ2v) is 5.40. The Bertz CT molecular complexity index is 388. The number of hydrogen-bond acceptors (Lipinski definition) is 3. The number of aliphatic carboxylic acids is 1. The van der Waals surface area contributed by atoms with Gasteiger partial charge < -0.3 is 9.67 Å². The van der Waals surface area contributed by atoms with Crippen LogP contribution in [-0.4, -0.2) is 26.4 Å². The van der Waals surface area contributed by atoms with Crippen molar-refractivity contribution >= 4 is 17.7 Å². The summed E-state index contributed by atoms with van der Waals surface area (Å²) in [5.74, 6) is -0.234. The Morgan fingerprint density at radius 3 is 2.71 bits per heavy atom. The third-order valence-corrected chi connectivity index (χ3v) is 3.74. The van der Waals surface area contributed by atoms with Gasteiger partial charge in [0.2, 0.25) is 0 Å². The zero-order chi connectivity index (χ0) is 13.0. The van der Waals surface area contributed by atoms with E-state index in [-0.39, 0.29) is 5.75 Å². The lowest BCUT2D eigenvalue weighted by atomic mass is 10.0. The highest BCUT2D eigenvalue weighted by atomic mass is 32.2. The van der Waals surface area contributed by atoms with Gasteiger partial charge in [0.25, 0.3) is 0 Å². The van der Waals surface area contributed by atoms with Crippen molar-refractivity contribution in [3.05, 3.63) is 11.9 Å². The molecule has 1 rings (SSSR count). The third kappa shape index (κ3) is 3.49. The Morgan fingerprint density at radius 2 is 2.24 bits per heavy atom. The molecule has 17 heavy (non-hydrogen) atoms. The number of aromatic nitrogens is 2. The molecule has 0 spiro atoms. The number of imidazole rings is 1. The van der Waals surface area contributed by atoms with Crippen molar-refractivity contribution in [2.75, 3.05) is 5.75 Å². The third-order valence-electron chi connectivity index (χ3n) is 2.79. The molecule has 0 aromatic carbocycles. The largest absolute Gasteiger partial charge is 0.481 e. The predicted molar refractivity (Wildman–Crippen MR) is 69.5 cm³/mol. The van der Waals surface area contributed by atoms with Crippen molar-refractivity contribution in [3.63, 3.8) is 0 Å².